The summed E-state index contributed by atoms with van der Waals surface area (Å²) in [6.07, 6.45) is 2.87. The molecule has 0 aliphatic carbocycles. The maximum Gasteiger partial charge on any atom is 0.226 e. The van der Waals surface area contributed by atoms with Gasteiger partial charge in [-0.3, -0.25) is 0 Å². The number of hydrogen-bond acceptors (Lipinski definition) is 4. The minimum atomic E-state index is 0.230. The van der Waals surface area contributed by atoms with Crippen LogP contribution in [0.4, 0.5) is 5.82 Å². The van der Waals surface area contributed by atoms with E-state index < -0.39 is 0 Å². The molecule has 2 aromatic heterocycles. The lowest BCUT2D eigenvalue weighted by molar-refractivity contribution is 0.604. The normalized spacial score (nSPS) is 11.7. The van der Waals surface area contributed by atoms with Crippen molar-refractivity contribution >= 4 is 28.6 Å². The molecule has 0 aliphatic rings. The van der Waals surface area contributed by atoms with Gasteiger partial charge in [0.15, 0.2) is 11.5 Å². The van der Waals surface area contributed by atoms with E-state index in [0.717, 1.165) is 24.3 Å². The van der Waals surface area contributed by atoms with Gasteiger partial charge in [-0.15, -0.1) is 0 Å². The Kier molecular flexibility index (Phi) is 4.24. The molecular formula is C13H20ClN5. The van der Waals surface area contributed by atoms with Crippen LogP contribution in [0.5, 0.6) is 0 Å². The zero-order valence-corrected chi connectivity index (χ0v) is 12.6. The number of aromatic nitrogens is 4. The largest absolute Gasteiger partial charge is 0.368 e. The van der Waals surface area contributed by atoms with Crippen LogP contribution in [0.15, 0.2) is 6.33 Å². The summed E-state index contributed by atoms with van der Waals surface area (Å²) < 4.78 is 2.06. The average molecular weight is 282 g/mol. The Hall–Kier alpha value is -1.36. The number of hydrogen-bond donors (Lipinski definition) is 1. The highest BCUT2D eigenvalue weighted by molar-refractivity contribution is 6.28. The van der Waals surface area contributed by atoms with Gasteiger partial charge in [0.05, 0.1) is 6.33 Å². The Morgan fingerprint density at radius 2 is 2.00 bits per heavy atom. The SMILES string of the molecule is CC(C)CCNc1nc(Cl)nc2ncn(C(C)C)c12. The summed E-state index contributed by atoms with van der Waals surface area (Å²) in [7, 11) is 0. The first kappa shape index (κ1) is 14.1. The van der Waals surface area contributed by atoms with E-state index >= 15 is 0 Å². The molecule has 2 heterocycles. The van der Waals surface area contributed by atoms with Crippen molar-refractivity contribution < 1.29 is 0 Å². The lowest BCUT2D eigenvalue weighted by atomic mass is 10.1. The van der Waals surface area contributed by atoms with Crippen molar-refractivity contribution in [2.24, 2.45) is 5.92 Å². The molecule has 104 valence electrons. The van der Waals surface area contributed by atoms with Gasteiger partial charge in [0, 0.05) is 12.6 Å². The minimum absolute atomic E-state index is 0.230. The number of nitrogens with one attached hydrogen (secondary N) is 1. The molecule has 2 rings (SSSR count). The summed E-state index contributed by atoms with van der Waals surface area (Å²) in [5.41, 5.74) is 1.56. The van der Waals surface area contributed by atoms with Crippen molar-refractivity contribution in [1.29, 1.82) is 0 Å². The minimum Gasteiger partial charge on any atom is -0.368 e. The van der Waals surface area contributed by atoms with E-state index in [4.69, 9.17) is 11.6 Å². The van der Waals surface area contributed by atoms with Gasteiger partial charge in [0.25, 0.3) is 0 Å². The first-order chi connectivity index (χ1) is 8.99. The monoisotopic (exact) mass is 281 g/mol. The summed E-state index contributed by atoms with van der Waals surface area (Å²) in [6.45, 7) is 9.47. The number of halogens is 1. The molecule has 0 amide bonds. The summed E-state index contributed by atoms with van der Waals surface area (Å²) >= 11 is 5.94. The van der Waals surface area contributed by atoms with Gasteiger partial charge in [-0.2, -0.15) is 9.97 Å². The van der Waals surface area contributed by atoms with Gasteiger partial charge in [0.1, 0.15) is 5.52 Å². The van der Waals surface area contributed by atoms with Gasteiger partial charge in [-0.1, -0.05) is 13.8 Å². The first-order valence-corrected chi connectivity index (χ1v) is 7.00. The Balaban J connectivity index is 2.36. The van der Waals surface area contributed by atoms with Crippen molar-refractivity contribution in [3.05, 3.63) is 11.6 Å². The molecule has 0 fully saturated rings. The predicted molar refractivity (Wildman–Crippen MR) is 78.7 cm³/mol. The molecule has 0 saturated carbocycles. The second-order valence-electron chi connectivity index (χ2n) is 5.37. The van der Waals surface area contributed by atoms with Crippen molar-refractivity contribution in [2.75, 3.05) is 11.9 Å². The standard InChI is InChI=1S/C13H20ClN5/c1-8(2)5-6-15-11-10-12(18-13(14)17-11)16-7-19(10)9(3)4/h7-9H,5-6H2,1-4H3,(H,15,17,18). The highest BCUT2D eigenvalue weighted by atomic mass is 35.5. The van der Waals surface area contributed by atoms with Gasteiger partial charge in [-0.05, 0) is 37.8 Å². The second kappa shape index (κ2) is 5.74. The van der Waals surface area contributed by atoms with Crippen LogP contribution in [0.25, 0.3) is 11.2 Å². The number of anilines is 1. The van der Waals surface area contributed by atoms with Crippen molar-refractivity contribution in [3.8, 4) is 0 Å². The van der Waals surface area contributed by atoms with E-state index in [1.54, 1.807) is 6.33 Å². The van der Waals surface area contributed by atoms with Crippen LogP contribution in [0.2, 0.25) is 5.28 Å². The predicted octanol–water partition coefficient (Wildman–Crippen LogP) is 3.52. The molecule has 0 aliphatic heterocycles. The van der Waals surface area contributed by atoms with Crippen molar-refractivity contribution in [3.63, 3.8) is 0 Å². The molecule has 1 N–H and O–H groups in total. The molecule has 0 radical (unpaired) electrons. The topological polar surface area (TPSA) is 55.6 Å². The van der Waals surface area contributed by atoms with Gasteiger partial charge in [0.2, 0.25) is 5.28 Å². The highest BCUT2D eigenvalue weighted by Gasteiger charge is 2.14. The van der Waals surface area contributed by atoms with Gasteiger partial charge < -0.3 is 9.88 Å². The molecule has 2 aromatic rings. The van der Waals surface area contributed by atoms with Crippen LogP contribution >= 0.6 is 11.6 Å². The Morgan fingerprint density at radius 1 is 1.26 bits per heavy atom. The fraction of sp³-hybridized carbons (Fsp3) is 0.615. The van der Waals surface area contributed by atoms with Crippen LogP contribution in [0.1, 0.15) is 40.2 Å². The average Bonchev–Trinajstić information content (AvgIpc) is 2.71. The van der Waals surface area contributed by atoms with Gasteiger partial charge >= 0.3 is 0 Å². The van der Waals surface area contributed by atoms with E-state index in [1.807, 2.05) is 0 Å². The number of rotatable bonds is 5. The van der Waals surface area contributed by atoms with Crippen LogP contribution < -0.4 is 5.32 Å². The molecule has 0 bridgehead atoms. The highest BCUT2D eigenvalue weighted by Crippen LogP contribution is 2.24. The van der Waals surface area contributed by atoms with E-state index in [2.05, 4.69) is 52.5 Å². The van der Waals surface area contributed by atoms with Crippen LogP contribution in [0.3, 0.4) is 0 Å². The van der Waals surface area contributed by atoms with Crippen molar-refractivity contribution in [1.82, 2.24) is 19.5 Å². The van der Waals surface area contributed by atoms with E-state index in [0.29, 0.717) is 17.6 Å². The maximum absolute atomic E-state index is 5.94. The summed E-state index contributed by atoms with van der Waals surface area (Å²) in [5.74, 6) is 1.41. The third-order valence-electron chi connectivity index (χ3n) is 2.97. The summed E-state index contributed by atoms with van der Waals surface area (Å²) in [5, 5.41) is 3.57. The van der Waals surface area contributed by atoms with E-state index in [9.17, 15) is 0 Å². The fourth-order valence-electron chi connectivity index (χ4n) is 1.91. The molecule has 0 unspecified atom stereocenters. The smallest absolute Gasteiger partial charge is 0.226 e. The van der Waals surface area contributed by atoms with E-state index in [1.165, 1.54) is 0 Å². The first-order valence-electron chi connectivity index (χ1n) is 6.63. The van der Waals surface area contributed by atoms with Crippen molar-refractivity contribution in [2.45, 2.75) is 40.2 Å². The zero-order chi connectivity index (χ0) is 14.0. The summed E-state index contributed by atoms with van der Waals surface area (Å²) in [6, 6.07) is 0.306. The Morgan fingerprint density at radius 3 is 2.63 bits per heavy atom. The third kappa shape index (κ3) is 3.15. The molecule has 0 aromatic carbocycles. The second-order valence-corrected chi connectivity index (χ2v) is 5.71. The maximum atomic E-state index is 5.94. The third-order valence-corrected chi connectivity index (χ3v) is 3.14. The lowest BCUT2D eigenvalue weighted by Crippen LogP contribution is -2.09. The zero-order valence-electron chi connectivity index (χ0n) is 11.8. The van der Waals surface area contributed by atoms with Crippen LogP contribution in [0, 0.1) is 5.92 Å². The molecule has 19 heavy (non-hydrogen) atoms. The van der Waals surface area contributed by atoms with E-state index in [-0.39, 0.29) is 5.28 Å². The molecule has 5 nitrogen and oxygen atoms in total. The Labute approximate surface area is 118 Å². The fourth-order valence-corrected chi connectivity index (χ4v) is 2.08. The Bertz CT molecular complexity index is 561. The summed E-state index contributed by atoms with van der Waals surface area (Å²) in [4.78, 5) is 12.8. The van der Waals surface area contributed by atoms with Crippen LogP contribution in [-0.2, 0) is 0 Å². The van der Waals surface area contributed by atoms with Crippen LogP contribution in [-0.4, -0.2) is 26.1 Å². The number of imidazole rings is 1. The quantitative estimate of drug-likeness (QED) is 0.852. The molecule has 0 saturated heterocycles. The lowest BCUT2D eigenvalue weighted by Gasteiger charge is -2.13. The number of fused-ring (bicyclic) bond motifs is 1. The molecular weight excluding hydrogens is 262 g/mol. The number of nitrogens with zero attached hydrogens (tertiary/aromatic N) is 4. The molecule has 6 heteroatoms. The van der Waals surface area contributed by atoms with Gasteiger partial charge in [-0.25, -0.2) is 4.98 Å². The molecule has 0 spiro atoms. The molecule has 0 atom stereocenters.